The predicted molar refractivity (Wildman–Crippen MR) is 211 cm³/mol. The van der Waals surface area contributed by atoms with E-state index in [-0.39, 0.29) is 30.6 Å². The number of nitrogens with one attached hydrogen (secondary N) is 4. The van der Waals surface area contributed by atoms with Gasteiger partial charge in [0.1, 0.15) is 18.1 Å². The molecule has 0 unspecified atom stereocenters. The van der Waals surface area contributed by atoms with Crippen LogP contribution in [0, 0.1) is 5.92 Å². The molecule has 3 atom stereocenters. The van der Waals surface area contributed by atoms with Crippen LogP contribution in [-0.4, -0.2) is 48.3 Å². The lowest BCUT2D eigenvalue weighted by Gasteiger charge is -2.30. The fourth-order valence-corrected chi connectivity index (χ4v) is 7.29. The van der Waals surface area contributed by atoms with Crippen molar-refractivity contribution in [2.24, 2.45) is 11.7 Å². The Morgan fingerprint density at radius 2 is 1.23 bits per heavy atom. The molecule has 4 amide bonds. The summed E-state index contributed by atoms with van der Waals surface area (Å²) in [4.78, 5) is 55.2. The summed E-state index contributed by atoms with van der Waals surface area (Å²) in [5, 5.41) is 14.3. The second-order valence-electron chi connectivity index (χ2n) is 14.3. The molecule has 280 valence electrons. The van der Waals surface area contributed by atoms with Crippen molar-refractivity contribution >= 4 is 34.4 Å². The normalized spacial score (nSPS) is 14.9. The van der Waals surface area contributed by atoms with Crippen molar-refractivity contribution in [2.45, 2.75) is 102 Å². The minimum atomic E-state index is -0.883. The Bertz CT molecular complexity index is 1740. The monoisotopic (exact) mass is 717 g/mol. The van der Waals surface area contributed by atoms with Crippen LogP contribution in [0.25, 0.3) is 10.8 Å². The van der Waals surface area contributed by atoms with E-state index in [0.29, 0.717) is 32.2 Å². The van der Waals surface area contributed by atoms with E-state index in [1.807, 2.05) is 103 Å². The molecule has 4 aromatic rings. The number of fused-ring (bicyclic) bond motifs is 1. The number of carbonyl (C=O) groups is 4. The highest BCUT2D eigenvalue weighted by atomic mass is 16.2. The van der Waals surface area contributed by atoms with Gasteiger partial charge in [-0.3, -0.25) is 19.2 Å². The largest absolute Gasteiger partial charge is 0.344 e. The third-order valence-electron chi connectivity index (χ3n) is 10.3. The van der Waals surface area contributed by atoms with Gasteiger partial charge in [0.25, 0.3) is 0 Å². The molecule has 53 heavy (non-hydrogen) atoms. The van der Waals surface area contributed by atoms with Crippen LogP contribution in [0.15, 0.2) is 103 Å². The second kappa shape index (κ2) is 20.3. The lowest BCUT2D eigenvalue weighted by Crippen LogP contribution is -2.57. The molecule has 0 saturated heterocycles. The summed E-state index contributed by atoms with van der Waals surface area (Å²) in [5.74, 6) is -1.12. The topological polar surface area (TPSA) is 142 Å². The zero-order valence-electron chi connectivity index (χ0n) is 30.9. The predicted octanol–water partition coefficient (Wildman–Crippen LogP) is 6.25. The Balaban J connectivity index is 1.37. The first-order valence-electron chi connectivity index (χ1n) is 19.3. The number of rotatable bonds is 18. The van der Waals surface area contributed by atoms with Crippen molar-refractivity contribution < 1.29 is 19.2 Å². The van der Waals surface area contributed by atoms with Crippen LogP contribution in [0.5, 0.6) is 0 Å². The van der Waals surface area contributed by atoms with Gasteiger partial charge in [0.15, 0.2) is 0 Å². The van der Waals surface area contributed by atoms with Crippen LogP contribution < -0.4 is 27.0 Å². The quantitative estimate of drug-likeness (QED) is 0.0774. The number of benzene rings is 4. The summed E-state index contributed by atoms with van der Waals surface area (Å²) in [6, 6.07) is 30.5. The second-order valence-corrected chi connectivity index (χ2v) is 14.3. The third-order valence-corrected chi connectivity index (χ3v) is 10.3. The van der Waals surface area contributed by atoms with Gasteiger partial charge in [0, 0.05) is 12.8 Å². The van der Waals surface area contributed by atoms with Gasteiger partial charge in [0.2, 0.25) is 23.6 Å². The molecular weight excluding hydrogens is 663 g/mol. The molecule has 1 fully saturated rings. The summed E-state index contributed by atoms with van der Waals surface area (Å²) in [7, 11) is 0. The smallest absolute Gasteiger partial charge is 0.243 e. The molecule has 1 aliphatic rings. The van der Waals surface area contributed by atoms with Gasteiger partial charge in [0.05, 0.1) is 6.04 Å². The first-order chi connectivity index (χ1) is 25.8. The summed E-state index contributed by atoms with van der Waals surface area (Å²) in [6.07, 6.45) is 7.95. The zero-order valence-corrected chi connectivity index (χ0v) is 30.9. The molecular formula is C44H55N5O4. The van der Waals surface area contributed by atoms with Gasteiger partial charge in [-0.25, -0.2) is 0 Å². The minimum absolute atomic E-state index is 0.222. The first kappa shape index (κ1) is 39.2. The number of hydrogen-bond donors (Lipinski definition) is 5. The van der Waals surface area contributed by atoms with E-state index in [4.69, 9.17) is 5.73 Å². The van der Waals surface area contributed by atoms with E-state index >= 15 is 0 Å². The Morgan fingerprint density at radius 1 is 0.642 bits per heavy atom. The molecule has 6 N–H and O–H groups in total. The highest BCUT2D eigenvalue weighted by molar-refractivity contribution is 5.94. The molecule has 5 rings (SSSR count). The van der Waals surface area contributed by atoms with Crippen molar-refractivity contribution in [3.8, 4) is 0 Å². The number of hydrogen-bond acceptors (Lipinski definition) is 5. The molecule has 0 aliphatic heterocycles. The maximum absolute atomic E-state index is 14.3. The average Bonchev–Trinajstić information content (AvgIpc) is 3.19. The molecule has 1 saturated carbocycles. The molecule has 0 aromatic heterocycles. The fraction of sp³-hybridized carbons (Fsp3) is 0.409. The first-order valence-corrected chi connectivity index (χ1v) is 19.3. The molecule has 0 bridgehead atoms. The van der Waals surface area contributed by atoms with Crippen LogP contribution >= 0.6 is 0 Å². The van der Waals surface area contributed by atoms with E-state index in [2.05, 4.69) is 21.3 Å². The fourth-order valence-electron chi connectivity index (χ4n) is 7.29. The standard InChI is InChI=1S/C44H55N5O4/c1-2-40(50)46-38(30-32-25-26-33-18-12-13-23-36(33)28-32)43(52)48-39(29-31-16-6-3-7-17-31)44(53)47-37(24-14-15-27-45)42(51)49-41(34-19-8-4-9-20-34)35-21-10-5-11-22-35/h4-5,8-13,18-23,25-26,28,31,37-39,41H,2-3,6-7,14-17,24,27,29-30,45H2,1H3,(H,46,50)(H,47,53)(H,48,52)(H,49,51)/t37-,38-,39-/m0/s1. The van der Waals surface area contributed by atoms with Gasteiger partial charge in [-0.05, 0) is 65.6 Å². The van der Waals surface area contributed by atoms with Gasteiger partial charge in [-0.15, -0.1) is 0 Å². The van der Waals surface area contributed by atoms with Crippen molar-refractivity contribution in [3.63, 3.8) is 0 Å². The van der Waals surface area contributed by atoms with E-state index < -0.39 is 36.0 Å². The van der Waals surface area contributed by atoms with Crippen molar-refractivity contribution in [2.75, 3.05) is 6.54 Å². The zero-order chi connectivity index (χ0) is 37.4. The minimum Gasteiger partial charge on any atom is -0.344 e. The third kappa shape index (κ3) is 11.7. The number of carbonyl (C=O) groups excluding carboxylic acids is 4. The average molecular weight is 718 g/mol. The number of nitrogens with two attached hydrogens (primary N) is 1. The van der Waals surface area contributed by atoms with Crippen molar-refractivity contribution in [3.05, 3.63) is 120 Å². The van der Waals surface area contributed by atoms with Crippen LogP contribution in [0.2, 0.25) is 0 Å². The van der Waals surface area contributed by atoms with E-state index in [9.17, 15) is 19.2 Å². The molecule has 9 heteroatoms. The summed E-state index contributed by atoms with van der Waals surface area (Å²) >= 11 is 0. The number of unbranched alkanes of at least 4 members (excludes halogenated alkanes) is 1. The van der Waals surface area contributed by atoms with Gasteiger partial charge < -0.3 is 27.0 Å². The Hall–Kier alpha value is -5.02. The van der Waals surface area contributed by atoms with Gasteiger partial charge >= 0.3 is 0 Å². The number of amides is 4. The lowest BCUT2D eigenvalue weighted by atomic mass is 9.84. The molecule has 4 aromatic carbocycles. The van der Waals surface area contributed by atoms with E-state index in [1.54, 1.807) is 6.92 Å². The molecule has 9 nitrogen and oxygen atoms in total. The summed E-state index contributed by atoms with van der Waals surface area (Å²) in [6.45, 7) is 2.22. The SMILES string of the molecule is CCC(=O)N[C@@H](Cc1ccc2ccccc2c1)C(=O)N[C@@H](CC1CCCCC1)C(=O)N[C@@H](CCCCN)C(=O)NC(c1ccccc1)c1ccccc1. The lowest BCUT2D eigenvalue weighted by molar-refractivity contribution is -0.134. The van der Waals surface area contributed by atoms with Crippen LogP contribution in [0.1, 0.15) is 93.9 Å². The highest BCUT2D eigenvalue weighted by Crippen LogP contribution is 2.28. The van der Waals surface area contributed by atoms with Crippen molar-refractivity contribution in [1.29, 1.82) is 0 Å². The van der Waals surface area contributed by atoms with E-state index in [1.165, 1.54) is 0 Å². The van der Waals surface area contributed by atoms with Crippen LogP contribution in [0.3, 0.4) is 0 Å². The van der Waals surface area contributed by atoms with Crippen LogP contribution in [-0.2, 0) is 25.6 Å². The molecule has 1 aliphatic carbocycles. The van der Waals surface area contributed by atoms with E-state index in [0.717, 1.165) is 59.6 Å². The Labute approximate surface area is 313 Å². The van der Waals surface area contributed by atoms with Gasteiger partial charge in [-0.2, -0.15) is 0 Å². The maximum atomic E-state index is 14.3. The molecule has 0 heterocycles. The maximum Gasteiger partial charge on any atom is 0.243 e. The molecule has 0 radical (unpaired) electrons. The summed E-state index contributed by atoms with van der Waals surface area (Å²) < 4.78 is 0. The molecule has 0 spiro atoms. The summed E-state index contributed by atoms with van der Waals surface area (Å²) in [5.41, 5.74) is 8.57. The van der Waals surface area contributed by atoms with Gasteiger partial charge in [-0.1, -0.05) is 142 Å². The highest BCUT2D eigenvalue weighted by Gasteiger charge is 2.32. The Morgan fingerprint density at radius 3 is 1.87 bits per heavy atom. The van der Waals surface area contributed by atoms with Crippen molar-refractivity contribution in [1.82, 2.24) is 21.3 Å². The van der Waals surface area contributed by atoms with Crippen LogP contribution in [0.4, 0.5) is 0 Å². The Kier molecular flexibility index (Phi) is 15.0.